The van der Waals surface area contributed by atoms with Gasteiger partial charge >= 0.3 is 0 Å². The number of para-hydroxylation sites is 1. The van der Waals surface area contributed by atoms with Crippen molar-refractivity contribution < 1.29 is 0 Å². The molecule has 0 radical (unpaired) electrons. The van der Waals surface area contributed by atoms with Crippen LogP contribution in [0, 0.1) is 0 Å². The molecule has 1 aromatic carbocycles. The Balaban J connectivity index is 1.32. The number of piperazine rings is 1. The molecule has 0 bridgehead atoms. The highest BCUT2D eigenvalue weighted by atomic mass is 32.1. The van der Waals surface area contributed by atoms with Gasteiger partial charge < -0.3 is 10.2 Å². The van der Waals surface area contributed by atoms with Crippen molar-refractivity contribution in [2.75, 3.05) is 42.9 Å². The number of benzene rings is 1. The highest BCUT2D eigenvalue weighted by Crippen LogP contribution is 2.29. The number of thiazole rings is 1. The zero-order valence-corrected chi connectivity index (χ0v) is 15.9. The molecule has 0 spiro atoms. The average Bonchev–Trinajstić information content (AvgIpc) is 3.12. The molecule has 6 nitrogen and oxygen atoms in total. The van der Waals surface area contributed by atoms with Crippen molar-refractivity contribution in [2.45, 2.75) is 19.9 Å². The summed E-state index contributed by atoms with van der Waals surface area (Å²) in [7, 11) is 0. The van der Waals surface area contributed by atoms with Crippen LogP contribution >= 0.6 is 11.3 Å². The zero-order chi connectivity index (χ0) is 17.8. The summed E-state index contributed by atoms with van der Waals surface area (Å²) >= 11 is 1.79. The Morgan fingerprint density at radius 1 is 1.08 bits per heavy atom. The Morgan fingerprint density at radius 2 is 1.85 bits per heavy atom. The number of hydrogen-bond donors (Lipinski definition) is 1. The van der Waals surface area contributed by atoms with Crippen LogP contribution < -0.4 is 10.2 Å². The normalized spacial score (nSPS) is 15.5. The molecule has 4 rings (SSSR count). The highest BCUT2D eigenvalue weighted by Gasteiger charge is 2.20. The van der Waals surface area contributed by atoms with Crippen molar-refractivity contribution in [1.82, 2.24) is 19.9 Å². The van der Waals surface area contributed by atoms with Crippen LogP contribution in [0.1, 0.15) is 18.9 Å². The first-order chi connectivity index (χ1) is 12.8. The third kappa shape index (κ3) is 3.94. The molecule has 0 amide bonds. The van der Waals surface area contributed by atoms with Gasteiger partial charge in [-0.15, -0.1) is 0 Å². The van der Waals surface area contributed by atoms with Gasteiger partial charge in [0.1, 0.15) is 0 Å². The van der Waals surface area contributed by atoms with Crippen LogP contribution in [0.5, 0.6) is 0 Å². The first-order valence-corrected chi connectivity index (χ1v) is 10.0. The minimum atomic E-state index is 0.719. The van der Waals surface area contributed by atoms with Crippen LogP contribution in [0.25, 0.3) is 10.2 Å². The standard InChI is InChI=1S/C19H24N6S/c1-2-7-20-18-21-12-15(13-22-18)14-24-8-10-25(11-9-24)19-23-16-5-3-4-6-17(16)26-19/h3-6,12-13H,2,7-11,14H2,1H3,(H,20,21,22). The predicted octanol–water partition coefficient (Wildman–Crippen LogP) is 3.23. The third-order valence-electron chi connectivity index (χ3n) is 4.57. The number of fused-ring (bicyclic) bond motifs is 1. The summed E-state index contributed by atoms with van der Waals surface area (Å²) in [5, 5.41) is 4.35. The summed E-state index contributed by atoms with van der Waals surface area (Å²) in [6.07, 6.45) is 4.94. The van der Waals surface area contributed by atoms with E-state index in [0.29, 0.717) is 0 Å². The largest absolute Gasteiger partial charge is 0.354 e. The molecule has 3 heterocycles. The Morgan fingerprint density at radius 3 is 2.58 bits per heavy atom. The minimum Gasteiger partial charge on any atom is -0.354 e. The van der Waals surface area contributed by atoms with Gasteiger partial charge in [0.15, 0.2) is 5.13 Å². The molecule has 7 heteroatoms. The smallest absolute Gasteiger partial charge is 0.222 e. The summed E-state index contributed by atoms with van der Waals surface area (Å²) in [5.74, 6) is 0.719. The Hall–Kier alpha value is -2.25. The van der Waals surface area contributed by atoms with Gasteiger partial charge in [-0.25, -0.2) is 15.0 Å². The fourth-order valence-electron chi connectivity index (χ4n) is 3.12. The lowest BCUT2D eigenvalue weighted by molar-refractivity contribution is 0.249. The van der Waals surface area contributed by atoms with Crippen molar-refractivity contribution in [3.63, 3.8) is 0 Å². The molecule has 1 fully saturated rings. The topological polar surface area (TPSA) is 57.2 Å². The van der Waals surface area contributed by atoms with E-state index in [0.717, 1.165) is 62.3 Å². The lowest BCUT2D eigenvalue weighted by Gasteiger charge is -2.34. The van der Waals surface area contributed by atoms with E-state index in [4.69, 9.17) is 4.98 Å². The van der Waals surface area contributed by atoms with Gasteiger partial charge in [-0.3, -0.25) is 4.90 Å². The molecule has 1 aliphatic heterocycles. The van der Waals surface area contributed by atoms with Gasteiger partial charge in [-0.2, -0.15) is 0 Å². The van der Waals surface area contributed by atoms with Crippen molar-refractivity contribution in [1.29, 1.82) is 0 Å². The lowest BCUT2D eigenvalue weighted by atomic mass is 10.2. The molecule has 26 heavy (non-hydrogen) atoms. The Bertz CT molecular complexity index is 806. The van der Waals surface area contributed by atoms with Gasteiger partial charge in [0, 0.05) is 57.2 Å². The quantitative estimate of drug-likeness (QED) is 0.721. The van der Waals surface area contributed by atoms with Crippen LogP contribution in [0.2, 0.25) is 0 Å². The summed E-state index contributed by atoms with van der Waals surface area (Å²) < 4.78 is 1.26. The lowest BCUT2D eigenvalue weighted by Crippen LogP contribution is -2.45. The molecule has 1 saturated heterocycles. The second-order valence-electron chi connectivity index (χ2n) is 6.57. The molecule has 0 saturated carbocycles. The molecule has 3 aromatic rings. The van der Waals surface area contributed by atoms with Crippen LogP contribution in [0.3, 0.4) is 0 Å². The van der Waals surface area contributed by atoms with E-state index in [2.05, 4.69) is 56.3 Å². The van der Waals surface area contributed by atoms with Gasteiger partial charge in [-0.05, 0) is 18.6 Å². The Kier molecular flexibility index (Phi) is 5.26. The van der Waals surface area contributed by atoms with Gasteiger partial charge in [0.25, 0.3) is 0 Å². The molecular formula is C19H24N6S. The zero-order valence-electron chi connectivity index (χ0n) is 15.1. The van der Waals surface area contributed by atoms with E-state index < -0.39 is 0 Å². The number of nitrogens with one attached hydrogen (secondary N) is 1. The molecule has 0 unspecified atom stereocenters. The number of nitrogens with zero attached hydrogens (tertiary/aromatic N) is 5. The van der Waals surface area contributed by atoms with Gasteiger partial charge in [0.05, 0.1) is 10.2 Å². The average molecular weight is 369 g/mol. The van der Waals surface area contributed by atoms with Crippen LogP contribution in [-0.2, 0) is 6.54 Å². The van der Waals surface area contributed by atoms with Crippen molar-refractivity contribution >= 4 is 32.6 Å². The van der Waals surface area contributed by atoms with E-state index in [-0.39, 0.29) is 0 Å². The van der Waals surface area contributed by atoms with Crippen LogP contribution in [0.15, 0.2) is 36.7 Å². The van der Waals surface area contributed by atoms with Gasteiger partial charge in [0.2, 0.25) is 5.95 Å². The molecule has 136 valence electrons. The fourth-order valence-corrected chi connectivity index (χ4v) is 4.13. The minimum absolute atomic E-state index is 0.719. The second kappa shape index (κ2) is 7.97. The number of aromatic nitrogens is 3. The van der Waals surface area contributed by atoms with Crippen molar-refractivity contribution in [3.05, 3.63) is 42.2 Å². The van der Waals surface area contributed by atoms with E-state index >= 15 is 0 Å². The second-order valence-corrected chi connectivity index (χ2v) is 7.58. The molecular weight excluding hydrogens is 344 g/mol. The van der Waals surface area contributed by atoms with Crippen LogP contribution in [-0.4, -0.2) is 52.6 Å². The predicted molar refractivity (Wildman–Crippen MR) is 108 cm³/mol. The molecule has 0 aliphatic carbocycles. The van der Waals surface area contributed by atoms with Gasteiger partial charge in [-0.1, -0.05) is 30.4 Å². The summed E-state index contributed by atoms with van der Waals surface area (Å²) in [4.78, 5) is 18.4. The molecule has 0 atom stereocenters. The van der Waals surface area contributed by atoms with E-state index in [1.807, 2.05) is 12.4 Å². The third-order valence-corrected chi connectivity index (χ3v) is 5.67. The van der Waals surface area contributed by atoms with Crippen LogP contribution in [0.4, 0.5) is 11.1 Å². The number of rotatable bonds is 6. The maximum atomic E-state index is 4.78. The monoisotopic (exact) mass is 368 g/mol. The summed E-state index contributed by atoms with van der Waals surface area (Å²) in [6, 6.07) is 8.36. The Labute approximate surface area is 157 Å². The first kappa shape index (κ1) is 17.2. The van der Waals surface area contributed by atoms with E-state index in [1.165, 1.54) is 10.3 Å². The summed E-state index contributed by atoms with van der Waals surface area (Å²) in [5.41, 5.74) is 2.27. The number of anilines is 2. The summed E-state index contributed by atoms with van der Waals surface area (Å²) in [6.45, 7) is 8.04. The molecule has 1 N–H and O–H groups in total. The maximum absolute atomic E-state index is 4.78. The van der Waals surface area contributed by atoms with Crippen molar-refractivity contribution in [3.8, 4) is 0 Å². The molecule has 1 aliphatic rings. The highest BCUT2D eigenvalue weighted by molar-refractivity contribution is 7.22. The van der Waals surface area contributed by atoms with E-state index in [1.54, 1.807) is 11.3 Å². The maximum Gasteiger partial charge on any atom is 0.222 e. The SMILES string of the molecule is CCCNc1ncc(CN2CCN(c3nc4ccccc4s3)CC2)cn1. The fraction of sp³-hybridized carbons (Fsp3) is 0.421. The number of hydrogen-bond acceptors (Lipinski definition) is 7. The first-order valence-electron chi connectivity index (χ1n) is 9.19. The van der Waals surface area contributed by atoms with Crippen molar-refractivity contribution in [2.24, 2.45) is 0 Å². The van der Waals surface area contributed by atoms with E-state index in [9.17, 15) is 0 Å². The molecule has 2 aromatic heterocycles.